The Hall–Kier alpha value is -0.810. The van der Waals surface area contributed by atoms with E-state index < -0.39 is 0 Å². The van der Waals surface area contributed by atoms with Crippen molar-refractivity contribution in [1.29, 1.82) is 0 Å². The van der Waals surface area contributed by atoms with Crippen LogP contribution in [0.25, 0.3) is 0 Å². The van der Waals surface area contributed by atoms with E-state index in [1.165, 1.54) is 0 Å². The molecule has 0 N–H and O–H groups in total. The Morgan fingerprint density at radius 2 is 2.44 bits per heavy atom. The number of nitrogens with zero attached hydrogens (tertiary/aromatic N) is 3. The Bertz CT molecular complexity index is 332. The number of hydrogen-bond donors (Lipinski definition) is 0. The van der Waals surface area contributed by atoms with E-state index in [1.54, 1.807) is 7.11 Å². The van der Waals surface area contributed by atoms with E-state index >= 15 is 0 Å². The molecule has 6 heteroatoms. The molecule has 0 spiro atoms. The van der Waals surface area contributed by atoms with E-state index in [-0.39, 0.29) is 0 Å². The third-order valence-electron chi connectivity index (χ3n) is 2.72. The number of aryl methyl sites for hydroxylation is 1. The molecule has 2 heterocycles. The smallest absolute Gasteiger partial charge is 0.318 e. The largest absolute Gasteiger partial charge is 0.408 e. The van der Waals surface area contributed by atoms with Gasteiger partial charge in [-0.15, -0.1) is 16.7 Å². The predicted molar refractivity (Wildman–Crippen MR) is 60.9 cm³/mol. The van der Waals surface area contributed by atoms with Gasteiger partial charge in [-0.25, -0.2) is 0 Å². The van der Waals surface area contributed by atoms with Crippen molar-refractivity contribution in [3.05, 3.63) is 5.89 Å². The van der Waals surface area contributed by atoms with Gasteiger partial charge in [-0.3, -0.25) is 0 Å². The van der Waals surface area contributed by atoms with E-state index in [1.807, 2.05) is 0 Å². The summed E-state index contributed by atoms with van der Waals surface area (Å²) in [5.74, 6) is 1.68. The van der Waals surface area contributed by atoms with Crippen molar-refractivity contribution in [2.75, 3.05) is 37.6 Å². The molecule has 1 saturated heterocycles. The van der Waals surface area contributed by atoms with Gasteiger partial charge in [0.25, 0.3) is 0 Å². The molecule has 1 aliphatic rings. The minimum atomic E-state index is 0.508. The van der Waals surface area contributed by atoms with Gasteiger partial charge in [0.05, 0.1) is 6.61 Å². The zero-order chi connectivity index (χ0) is 11.4. The molecular weight excluding hydrogens is 230 g/mol. The van der Waals surface area contributed by atoms with Crippen LogP contribution in [0, 0.1) is 5.92 Å². The molecule has 1 aromatic rings. The van der Waals surface area contributed by atoms with Crippen molar-refractivity contribution >= 4 is 17.6 Å². The van der Waals surface area contributed by atoms with Crippen molar-refractivity contribution in [3.63, 3.8) is 0 Å². The van der Waals surface area contributed by atoms with Gasteiger partial charge in [-0.1, -0.05) is 5.10 Å². The van der Waals surface area contributed by atoms with Crippen LogP contribution in [-0.2, 0) is 11.2 Å². The summed E-state index contributed by atoms with van der Waals surface area (Å²) in [5, 5.41) is 7.97. The average molecular weight is 246 g/mol. The fourth-order valence-electron chi connectivity index (χ4n) is 1.93. The first-order valence-electron chi connectivity index (χ1n) is 5.45. The van der Waals surface area contributed by atoms with E-state index in [2.05, 4.69) is 15.1 Å². The molecule has 0 radical (unpaired) electrons. The Morgan fingerprint density at radius 1 is 1.56 bits per heavy atom. The maximum absolute atomic E-state index is 5.61. The number of aromatic nitrogens is 2. The summed E-state index contributed by atoms with van der Waals surface area (Å²) in [4.78, 5) is 2.11. The molecule has 2 rings (SSSR count). The average Bonchev–Trinajstić information content (AvgIpc) is 2.87. The fraction of sp³-hybridized carbons (Fsp3) is 0.800. The van der Waals surface area contributed by atoms with Crippen LogP contribution >= 0.6 is 11.6 Å². The zero-order valence-electron chi connectivity index (χ0n) is 9.36. The second-order valence-electron chi connectivity index (χ2n) is 3.97. The molecule has 5 nitrogen and oxygen atoms in total. The topological polar surface area (TPSA) is 51.4 Å². The van der Waals surface area contributed by atoms with Gasteiger partial charge in [0, 0.05) is 38.4 Å². The molecule has 0 bridgehead atoms. The molecule has 0 amide bonds. The number of anilines is 1. The molecule has 0 saturated carbocycles. The number of rotatable bonds is 5. The van der Waals surface area contributed by atoms with Crippen LogP contribution in [0.2, 0.25) is 0 Å². The van der Waals surface area contributed by atoms with Crippen molar-refractivity contribution in [1.82, 2.24) is 10.2 Å². The van der Waals surface area contributed by atoms with Crippen molar-refractivity contribution in [2.24, 2.45) is 5.92 Å². The van der Waals surface area contributed by atoms with Crippen LogP contribution in [-0.4, -0.2) is 42.9 Å². The normalized spacial score (nSPS) is 20.6. The minimum Gasteiger partial charge on any atom is -0.408 e. The lowest BCUT2D eigenvalue weighted by Crippen LogP contribution is -2.21. The summed E-state index contributed by atoms with van der Waals surface area (Å²) in [7, 11) is 1.73. The fourth-order valence-corrected chi connectivity index (χ4v) is 2.09. The highest BCUT2D eigenvalue weighted by Gasteiger charge is 2.25. The first-order valence-corrected chi connectivity index (χ1v) is 5.99. The number of methoxy groups -OCH3 is 1. The van der Waals surface area contributed by atoms with Crippen LogP contribution < -0.4 is 4.90 Å². The number of halogens is 1. The molecule has 1 atom stereocenters. The predicted octanol–water partition coefficient (Wildman–Crippen LogP) is 1.32. The second kappa shape index (κ2) is 5.50. The molecule has 0 aliphatic carbocycles. The van der Waals surface area contributed by atoms with Gasteiger partial charge >= 0.3 is 6.01 Å². The van der Waals surface area contributed by atoms with Crippen LogP contribution in [0.15, 0.2) is 4.42 Å². The zero-order valence-corrected chi connectivity index (χ0v) is 10.1. The van der Waals surface area contributed by atoms with Crippen molar-refractivity contribution in [2.45, 2.75) is 12.8 Å². The van der Waals surface area contributed by atoms with E-state index in [0.29, 0.717) is 30.1 Å². The standard InChI is InChI=1S/C10H16ClN3O2/c1-15-7-8-3-5-14(6-8)10-13-12-9(16-10)2-4-11/h8H,2-7H2,1H3. The third kappa shape index (κ3) is 2.65. The Kier molecular flexibility index (Phi) is 4.01. The Balaban J connectivity index is 1.92. The van der Waals surface area contributed by atoms with Crippen LogP contribution in [0.4, 0.5) is 6.01 Å². The van der Waals surface area contributed by atoms with Crippen LogP contribution in [0.1, 0.15) is 12.3 Å². The van der Waals surface area contributed by atoms with E-state index in [4.69, 9.17) is 20.8 Å². The Labute approximate surface area is 99.7 Å². The van der Waals surface area contributed by atoms with Crippen molar-refractivity contribution < 1.29 is 9.15 Å². The van der Waals surface area contributed by atoms with Gasteiger partial charge in [-0.2, -0.15) is 0 Å². The summed E-state index contributed by atoms with van der Waals surface area (Å²) in [5.41, 5.74) is 0. The molecule has 16 heavy (non-hydrogen) atoms. The maximum Gasteiger partial charge on any atom is 0.318 e. The molecule has 1 aromatic heterocycles. The highest BCUT2D eigenvalue weighted by molar-refractivity contribution is 6.17. The van der Waals surface area contributed by atoms with Gasteiger partial charge in [0.15, 0.2) is 0 Å². The van der Waals surface area contributed by atoms with Gasteiger partial charge < -0.3 is 14.1 Å². The van der Waals surface area contributed by atoms with Gasteiger partial charge in [0.2, 0.25) is 5.89 Å². The monoisotopic (exact) mass is 245 g/mol. The van der Waals surface area contributed by atoms with E-state index in [0.717, 1.165) is 26.1 Å². The van der Waals surface area contributed by atoms with Gasteiger partial charge in [-0.05, 0) is 6.42 Å². The van der Waals surface area contributed by atoms with Gasteiger partial charge in [0.1, 0.15) is 0 Å². The highest BCUT2D eigenvalue weighted by atomic mass is 35.5. The summed E-state index contributed by atoms with van der Waals surface area (Å²) >= 11 is 5.61. The van der Waals surface area contributed by atoms with Crippen LogP contribution in [0.5, 0.6) is 0 Å². The molecule has 1 fully saturated rings. The molecule has 1 aliphatic heterocycles. The summed E-state index contributed by atoms with van der Waals surface area (Å²) in [6.07, 6.45) is 1.74. The first-order chi connectivity index (χ1) is 7.83. The molecule has 1 unspecified atom stereocenters. The van der Waals surface area contributed by atoms with E-state index in [9.17, 15) is 0 Å². The SMILES string of the molecule is COCC1CCN(c2nnc(CCCl)o2)C1. The van der Waals surface area contributed by atoms with Crippen LogP contribution in [0.3, 0.4) is 0 Å². The lowest BCUT2D eigenvalue weighted by atomic mass is 10.1. The quantitative estimate of drug-likeness (QED) is 0.733. The third-order valence-corrected chi connectivity index (χ3v) is 2.91. The number of hydrogen-bond acceptors (Lipinski definition) is 5. The minimum absolute atomic E-state index is 0.508. The summed E-state index contributed by atoms with van der Waals surface area (Å²) < 4.78 is 10.7. The lowest BCUT2D eigenvalue weighted by molar-refractivity contribution is 0.160. The van der Waals surface area contributed by atoms with Crippen molar-refractivity contribution in [3.8, 4) is 0 Å². The maximum atomic E-state index is 5.61. The number of ether oxygens (including phenoxy) is 1. The summed E-state index contributed by atoms with van der Waals surface area (Å²) in [6.45, 7) is 2.67. The molecular formula is C10H16ClN3O2. The highest BCUT2D eigenvalue weighted by Crippen LogP contribution is 2.22. The number of alkyl halides is 1. The second-order valence-corrected chi connectivity index (χ2v) is 4.35. The molecule has 0 aromatic carbocycles. The first kappa shape index (κ1) is 11.7. The Morgan fingerprint density at radius 3 is 3.19 bits per heavy atom. The lowest BCUT2D eigenvalue weighted by Gasteiger charge is -2.12. The summed E-state index contributed by atoms with van der Waals surface area (Å²) in [6, 6.07) is 0.610. The molecule has 90 valence electrons.